The maximum absolute atomic E-state index is 12.6. The molecule has 0 spiro atoms. The number of fused-ring (bicyclic) bond motifs is 2. The van der Waals surface area contributed by atoms with Crippen LogP contribution in [0.3, 0.4) is 0 Å². The first-order chi connectivity index (χ1) is 18.5. The molecular formula is C28H28N6O3S. The van der Waals surface area contributed by atoms with Gasteiger partial charge >= 0.3 is 0 Å². The van der Waals surface area contributed by atoms with Crippen LogP contribution in [0.25, 0.3) is 11.3 Å². The highest BCUT2D eigenvalue weighted by Gasteiger charge is 2.23. The van der Waals surface area contributed by atoms with E-state index in [1.807, 2.05) is 55.4 Å². The van der Waals surface area contributed by atoms with Crippen molar-refractivity contribution in [2.24, 2.45) is 0 Å². The molecule has 1 saturated heterocycles. The van der Waals surface area contributed by atoms with Gasteiger partial charge in [-0.3, -0.25) is 9.78 Å². The molecule has 2 aromatic carbocycles. The molecule has 38 heavy (non-hydrogen) atoms. The first kappa shape index (κ1) is 24.3. The molecule has 0 saturated carbocycles. The summed E-state index contributed by atoms with van der Waals surface area (Å²) in [4.78, 5) is 30.6. The Labute approximate surface area is 224 Å². The lowest BCUT2D eigenvalue weighted by molar-refractivity contribution is 0.122. The minimum Gasteiger partial charge on any atom is -0.454 e. The molecule has 2 aliphatic heterocycles. The van der Waals surface area contributed by atoms with Crippen molar-refractivity contribution in [1.29, 1.82) is 0 Å². The van der Waals surface area contributed by atoms with E-state index >= 15 is 0 Å². The molecule has 10 heteroatoms. The summed E-state index contributed by atoms with van der Waals surface area (Å²) >= 11 is 1.65. The van der Waals surface area contributed by atoms with Crippen LogP contribution < -0.4 is 25.4 Å². The van der Waals surface area contributed by atoms with Gasteiger partial charge in [-0.05, 0) is 36.4 Å². The van der Waals surface area contributed by atoms with E-state index in [4.69, 9.17) is 9.47 Å². The Morgan fingerprint density at radius 1 is 1.05 bits per heavy atom. The number of hydrogen-bond acceptors (Lipinski definition) is 9. The molecule has 0 radical (unpaired) electrons. The van der Waals surface area contributed by atoms with Crippen molar-refractivity contribution in [3.8, 4) is 22.8 Å². The van der Waals surface area contributed by atoms with E-state index in [1.165, 1.54) is 0 Å². The van der Waals surface area contributed by atoms with Crippen LogP contribution in [-0.2, 0) is 11.3 Å². The third-order valence-corrected chi connectivity index (χ3v) is 7.55. The second-order valence-electron chi connectivity index (χ2n) is 9.33. The SMILES string of the molecule is CN(C)c1cnc(CNc2ccc3c(c2)Sc2cccc(-c4cc(N5CCOCC5)cc(=O)[nH]4)c2O3)cn1. The lowest BCUT2D eigenvalue weighted by Crippen LogP contribution is -2.36. The molecule has 2 N–H and O–H groups in total. The van der Waals surface area contributed by atoms with E-state index in [0.717, 1.165) is 68.5 Å². The number of nitrogens with zero attached hydrogens (tertiary/aromatic N) is 4. The second-order valence-corrected chi connectivity index (χ2v) is 10.4. The molecule has 2 aliphatic rings. The van der Waals surface area contributed by atoms with Crippen LogP contribution in [0.15, 0.2) is 75.5 Å². The lowest BCUT2D eigenvalue weighted by atomic mass is 10.1. The minimum atomic E-state index is -0.137. The molecule has 1 fully saturated rings. The first-order valence-electron chi connectivity index (χ1n) is 12.5. The summed E-state index contributed by atoms with van der Waals surface area (Å²) in [6.45, 7) is 3.41. The number of aromatic nitrogens is 3. The van der Waals surface area contributed by atoms with E-state index in [1.54, 1.807) is 30.2 Å². The van der Waals surface area contributed by atoms with Crippen molar-refractivity contribution in [2.45, 2.75) is 16.3 Å². The predicted octanol–water partition coefficient (Wildman–Crippen LogP) is 4.60. The molecule has 0 bridgehead atoms. The molecule has 194 valence electrons. The topological polar surface area (TPSA) is 95.6 Å². The second kappa shape index (κ2) is 10.4. The molecule has 0 atom stereocenters. The third-order valence-electron chi connectivity index (χ3n) is 6.47. The van der Waals surface area contributed by atoms with Crippen LogP contribution >= 0.6 is 11.8 Å². The zero-order valence-electron chi connectivity index (χ0n) is 21.2. The third kappa shape index (κ3) is 5.05. The average molecular weight is 529 g/mol. The van der Waals surface area contributed by atoms with E-state index in [0.29, 0.717) is 19.8 Å². The monoisotopic (exact) mass is 528 g/mol. The van der Waals surface area contributed by atoms with Gasteiger partial charge in [0.25, 0.3) is 0 Å². The van der Waals surface area contributed by atoms with Gasteiger partial charge in [0.2, 0.25) is 5.56 Å². The Balaban J connectivity index is 1.22. The number of H-pyrrole nitrogens is 1. The fraction of sp³-hybridized carbons (Fsp3) is 0.250. The number of hydrogen-bond donors (Lipinski definition) is 2. The molecule has 9 nitrogen and oxygen atoms in total. The molecule has 0 unspecified atom stereocenters. The van der Waals surface area contributed by atoms with Crippen molar-refractivity contribution in [2.75, 3.05) is 55.5 Å². The summed E-state index contributed by atoms with van der Waals surface area (Å²) < 4.78 is 11.9. The molecule has 2 aromatic heterocycles. The fourth-order valence-electron chi connectivity index (χ4n) is 4.46. The summed E-state index contributed by atoms with van der Waals surface area (Å²) in [5.74, 6) is 2.35. The Kier molecular flexibility index (Phi) is 6.65. The number of anilines is 3. The van der Waals surface area contributed by atoms with Crippen LogP contribution in [0, 0.1) is 0 Å². The maximum Gasteiger partial charge on any atom is 0.250 e. The highest BCUT2D eigenvalue weighted by Crippen LogP contribution is 2.51. The number of nitrogens with one attached hydrogen (secondary N) is 2. The minimum absolute atomic E-state index is 0.137. The number of ether oxygens (including phenoxy) is 2. The van der Waals surface area contributed by atoms with E-state index in [2.05, 4.69) is 31.2 Å². The summed E-state index contributed by atoms with van der Waals surface area (Å²) in [5, 5.41) is 3.43. The fourth-order valence-corrected chi connectivity index (χ4v) is 5.49. The molecular weight excluding hydrogens is 500 g/mol. The number of rotatable bonds is 6. The van der Waals surface area contributed by atoms with Crippen molar-refractivity contribution in [1.82, 2.24) is 15.0 Å². The number of morpholine rings is 1. The van der Waals surface area contributed by atoms with Crippen LogP contribution in [0.2, 0.25) is 0 Å². The van der Waals surface area contributed by atoms with Crippen LogP contribution in [0.4, 0.5) is 17.2 Å². The number of pyridine rings is 1. The summed E-state index contributed by atoms with van der Waals surface area (Å²) in [5.41, 5.74) is 4.18. The van der Waals surface area contributed by atoms with Crippen molar-refractivity contribution < 1.29 is 9.47 Å². The Hall–Kier alpha value is -4.02. The Morgan fingerprint density at radius 2 is 1.92 bits per heavy atom. The lowest BCUT2D eigenvalue weighted by Gasteiger charge is -2.29. The van der Waals surface area contributed by atoms with Gasteiger partial charge in [0.15, 0.2) is 5.75 Å². The molecule has 0 amide bonds. The van der Waals surface area contributed by atoms with Gasteiger partial charge in [-0.15, -0.1) is 0 Å². The van der Waals surface area contributed by atoms with Gasteiger partial charge in [0, 0.05) is 50.2 Å². The van der Waals surface area contributed by atoms with Gasteiger partial charge in [-0.1, -0.05) is 17.8 Å². The number of benzene rings is 2. The van der Waals surface area contributed by atoms with E-state index in [9.17, 15) is 4.79 Å². The number of aromatic amines is 1. The normalized spacial score (nSPS) is 14.3. The summed E-state index contributed by atoms with van der Waals surface area (Å²) in [6.07, 6.45) is 3.56. The molecule has 0 aliphatic carbocycles. The summed E-state index contributed by atoms with van der Waals surface area (Å²) in [6, 6.07) is 15.7. The van der Waals surface area contributed by atoms with Crippen LogP contribution in [0.5, 0.6) is 11.5 Å². The summed E-state index contributed by atoms with van der Waals surface area (Å²) in [7, 11) is 3.88. The van der Waals surface area contributed by atoms with E-state index in [-0.39, 0.29) is 5.56 Å². The quantitative estimate of drug-likeness (QED) is 0.328. The number of para-hydroxylation sites is 1. The standard InChI is InChI=1S/C28H28N6O3S/c1-33(2)26-17-30-19(16-31-26)15-29-18-6-7-23-25(12-18)38-24-5-3-4-21(28(24)37-23)22-13-20(14-27(35)32-22)34-8-10-36-11-9-34/h3-7,12-14,16-17,29H,8-11,15H2,1-2H3,(H,32,35). The van der Waals surface area contributed by atoms with Gasteiger partial charge < -0.3 is 29.6 Å². The van der Waals surface area contributed by atoms with Crippen molar-refractivity contribution >= 4 is 29.0 Å². The maximum atomic E-state index is 12.6. The zero-order chi connectivity index (χ0) is 26.1. The van der Waals surface area contributed by atoms with Crippen molar-refractivity contribution in [3.63, 3.8) is 0 Å². The van der Waals surface area contributed by atoms with Gasteiger partial charge in [0.05, 0.1) is 53.3 Å². The van der Waals surface area contributed by atoms with Gasteiger partial charge in [-0.25, -0.2) is 4.98 Å². The molecule has 4 aromatic rings. The Morgan fingerprint density at radius 3 is 2.71 bits per heavy atom. The van der Waals surface area contributed by atoms with E-state index < -0.39 is 0 Å². The predicted molar refractivity (Wildman–Crippen MR) is 150 cm³/mol. The highest BCUT2D eigenvalue weighted by molar-refractivity contribution is 7.99. The van der Waals surface area contributed by atoms with Gasteiger partial charge in [-0.2, -0.15) is 0 Å². The smallest absolute Gasteiger partial charge is 0.250 e. The largest absolute Gasteiger partial charge is 0.454 e. The average Bonchev–Trinajstić information content (AvgIpc) is 2.95. The van der Waals surface area contributed by atoms with Crippen molar-refractivity contribution in [3.05, 3.63) is 77.0 Å². The van der Waals surface area contributed by atoms with Gasteiger partial charge in [0.1, 0.15) is 11.6 Å². The highest BCUT2D eigenvalue weighted by atomic mass is 32.2. The Bertz CT molecular complexity index is 1520. The van der Waals surface area contributed by atoms with Crippen LogP contribution in [0.1, 0.15) is 5.69 Å². The first-order valence-corrected chi connectivity index (χ1v) is 13.3. The van der Waals surface area contributed by atoms with Crippen LogP contribution in [-0.4, -0.2) is 55.4 Å². The molecule has 6 rings (SSSR count). The molecule has 4 heterocycles. The zero-order valence-corrected chi connectivity index (χ0v) is 22.0.